The topological polar surface area (TPSA) is 117 Å². The predicted molar refractivity (Wildman–Crippen MR) is 133 cm³/mol. The number of nitrogens with one attached hydrogen (secondary N) is 1. The van der Waals surface area contributed by atoms with Crippen molar-refractivity contribution in [2.75, 3.05) is 19.6 Å². The number of primary amides is 1. The number of urea groups is 1. The summed E-state index contributed by atoms with van der Waals surface area (Å²) >= 11 is 0. The van der Waals surface area contributed by atoms with Gasteiger partial charge < -0.3 is 20.5 Å². The van der Waals surface area contributed by atoms with Crippen LogP contribution >= 0.6 is 0 Å². The SMILES string of the molecule is NC(=O)N1CC[C@H](n2c(=O)[nH]c3cccnc32)C[C@H]1[C@H]1CC[C@@H](c2cccc(F)c2F)CN(CC(F)(F)F)C1=O. The molecule has 0 spiro atoms. The molecule has 2 aliphatic rings. The van der Waals surface area contributed by atoms with Crippen LogP contribution in [0.5, 0.6) is 0 Å². The van der Waals surface area contributed by atoms with Gasteiger partial charge in [-0.05, 0) is 49.4 Å². The van der Waals surface area contributed by atoms with Crippen LogP contribution in [0.1, 0.15) is 43.2 Å². The highest BCUT2D eigenvalue weighted by atomic mass is 19.4. The minimum Gasteiger partial charge on any atom is -0.351 e. The molecule has 0 aliphatic carbocycles. The Bertz CT molecular complexity index is 1490. The highest BCUT2D eigenvalue weighted by molar-refractivity contribution is 5.81. The van der Waals surface area contributed by atoms with Crippen molar-refractivity contribution in [3.05, 3.63) is 64.2 Å². The highest BCUT2D eigenvalue weighted by Gasteiger charge is 2.46. The van der Waals surface area contributed by atoms with Crippen LogP contribution in [-0.4, -0.2) is 68.1 Å². The molecule has 0 bridgehead atoms. The van der Waals surface area contributed by atoms with Gasteiger partial charge in [0, 0.05) is 37.3 Å². The number of piperidine rings is 1. The fourth-order valence-electron chi connectivity index (χ4n) is 6.16. The second-order valence-corrected chi connectivity index (χ2v) is 10.3. The predicted octanol–water partition coefficient (Wildman–Crippen LogP) is 3.67. The Balaban J connectivity index is 1.51. The van der Waals surface area contributed by atoms with Crippen molar-refractivity contribution in [2.45, 2.75) is 49.9 Å². The normalized spacial score (nSPS) is 24.4. The molecule has 3 amide bonds. The van der Waals surface area contributed by atoms with E-state index in [4.69, 9.17) is 5.73 Å². The molecular formula is C26H27F5N6O3. The lowest BCUT2D eigenvalue weighted by atomic mass is 9.83. The van der Waals surface area contributed by atoms with Gasteiger partial charge in [0.15, 0.2) is 17.3 Å². The van der Waals surface area contributed by atoms with Crippen LogP contribution in [0.4, 0.5) is 26.7 Å². The smallest absolute Gasteiger partial charge is 0.351 e. The van der Waals surface area contributed by atoms with E-state index in [0.29, 0.717) is 22.5 Å². The lowest BCUT2D eigenvalue weighted by Gasteiger charge is -2.42. The van der Waals surface area contributed by atoms with E-state index in [1.807, 2.05) is 0 Å². The average molecular weight is 567 g/mol. The number of likely N-dealkylation sites (tertiary alicyclic amines) is 2. The number of aromatic amines is 1. The molecule has 0 unspecified atom stereocenters. The van der Waals surface area contributed by atoms with Crippen molar-refractivity contribution in [3.63, 3.8) is 0 Å². The van der Waals surface area contributed by atoms with Crippen LogP contribution in [0, 0.1) is 17.6 Å². The molecular weight excluding hydrogens is 539 g/mol. The maximum atomic E-state index is 14.7. The summed E-state index contributed by atoms with van der Waals surface area (Å²) < 4.78 is 70.8. The quantitative estimate of drug-likeness (QED) is 0.469. The number of alkyl halides is 3. The Morgan fingerprint density at radius 2 is 1.88 bits per heavy atom. The minimum atomic E-state index is -4.75. The molecule has 2 saturated heterocycles. The molecule has 9 nitrogen and oxygen atoms in total. The molecule has 0 saturated carbocycles. The Kier molecular flexibility index (Phi) is 7.27. The van der Waals surface area contributed by atoms with E-state index in [2.05, 4.69) is 9.97 Å². The van der Waals surface area contributed by atoms with Gasteiger partial charge in [0.05, 0.1) is 11.4 Å². The van der Waals surface area contributed by atoms with Gasteiger partial charge in [-0.2, -0.15) is 13.2 Å². The summed E-state index contributed by atoms with van der Waals surface area (Å²) in [6, 6.07) is 4.48. The number of amides is 3. The van der Waals surface area contributed by atoms with Crippen LogP contribution in [-0.2, 0) is 4.79 Å². The van der Waals surface area contributed by atoms with Gasteiger partial charge in [-0.3, -0.25) is 9.36 Å². The molecule has 4 atom stereocenters. The summed E-state index contributed by atoms with van der Waals surface area (Å²) in [7, 11) is 0. The summed E-state index contributed by atoms with van der Waals surface area (Å²) in [6.45, 7) is -2.01. The van der Waals surface area contributed by atoms with Crippen molar-refractivity contribution >= 4 is 23.1 Å². The molecule has 2 aromatic heterocycles. The number of hydrogen-bond donors (Lipinski definition) is 2. The number of carbonyl (C=O) groups is 2. The highest BCUT2D eigenvalue weighted by Crippen LogP contribution is 2.39. The molecule has 40 heavy (non-hydrogen) atoms. The van der Waals surface area contributed by atoms with Crippen LogP contribution in [0.3, 0.4) is 0 Å². The Labute approximate surface area is 224 Å². The lowest BCUT2D eigenvalue weighted by Crippen LogP contribution is -2.56. The monoisotopic (exact) mass is 566 g/mol. The molecule has 2 aliphatic heterocycles. The molecule has 14 heteroatoms. The van der Waals surface area contributed by atoms with E-state index in [1.54, 1.807) is 12.1 Å². The number of halogens is 5. The van der Waals surface area contributed by atoms with Crippen LogP contribution in [0.15, 0.2) is 41.3 Å². The second kappa shape index (κ2) is 10.5. The van der Waals surface area contributed by atoms with E-state index in [9.17, 15) is 36.3 Å². The second-order valence-electron chi connectivity index (χ2n) is 10.3. The number of imidazole rings is 1. The molecule has 4 heterocycles. The van der Waals surface area contributed by atoms with Gasteiger partial charge in [-0.15, -0.1) is 0 Å². The number of hydrogen-bond acceptors (Lipinski definition) is 4. The fourth-order valence-corrected chi connectivity index (χ4v) is 6.16. The van der Waals surface area contributed by atoms with Crippen molar-refractivity contribution in [1.29, 1.82) is 0 Å². The first kappa shape index (κ1) is 27.6. The largest absolute Gasteiger partial charge is 0.406 e. The number of nitrogens with zero attached hydrogens (tertiary/aromatic N) is 4. The molecule has 3 N–H and O–H groups in total. The zero-order valence-corrected chi connectivity index (χ0v) is 21.2. The van der Waals surface area contributed by atoms with Crippen LogP contribution in [0.25, 0.3) is 11.2 Å². The summed E-state index contributed by atoms with van der Waals surface area (Å²) in [4.78, 5) is 47.8. The molecule has 1 aromatic carbocycles. The van der Waals surface area contributed by atoms with Gasteiger partial charge in [-0.25, -0.2) is 23.4 Å². The Hall–Kier alpha value is -3.97. The van der Waals surface area contributed by atoms with Crippen molar-refractivity contribution in [1.82, 2.24) is 24.3 Å². The van der Waals surface area contributed by atoms with E-state index < -0.39 is 72.4 Å². The molecule has 5 rings (SSSR count). The van der Waals surface area contributed by atoms with Crippen molar-refractivity contribution in [2.24, 2.45) is 11.7 Å². The maximum absolute atomic E-state index is 14.7. The number of aromatic nitrogens is 3. The number of pyridine rings is 1. The standard InChI is InChI=1S/C26H27F5N6O3/c27-18-4-1-3-16(21(18)28)14-6-7-17(23(38)35(12-14)13-26(29,30)31)20-11-15(8-10-36(20)24(32)39)37-22-19(34-25(37)40)5-2-9-33-22/h1-5,9,14-15,17,20H,6-8,10-13H2,(H2,32,39)(H,34,40)/t14-,15+,17-,20+/m1/s1. The lowest BCUT2D eigenvalue weighted by molar-refractivity contribution is -0.164. The van der Waals surface area contributed by atoms with Crippen LogP contribution in [0.2, 0.25) is 0 Å². The van der Waals surface area contributed by atoms with Gasteiger partial charge >= 0.3 is 17.9 Å². The molecule has 0 radical (unpaired) electrons. The zero-order valence-electron chi connectivity index (χ0n) is 21.2. The average Bonchev–Trinajstić information content (AvgIpc) is 3.15. The Morgan fingerprint density at radius 1 is 1.10 bits per heavy atom. The van der Waals surface area contributed by atoms with Gasteiger partial charge in [0.25, 0.3) is 0 Å². The minimum absolute atomic E-state index is 0.00396. The van der Waals surface area contributed by atoms with Gasteiger partial charge in [-0.1, -0.05) is 12.1 Å². The van der Waals surface area contributed by atoms with Crippen molar-refractivity contribution in [3.8, 4) is 0 Å². The third kappa shape index (κ3) is 5.26. The third-order valence-electron chi connectivity index (χ3n) is 7.89. The number of rotatable bonds is 4. The molecule has 214 valence electrons. The van der Waals surface area contributed by atoms with Gasteiger partial charge in [0.2, 0.25) is 5.91 Å². The molecule has 2 fully saturated rings. The first-order chi connectivity index (χ1) is 18.9. The summed E-state index contributed by atoms with van der Waals surface area (Å²) in [5.41, 5.74) is 5.92. The first-order valence-corrected chi connectivity index (χ1v) is 12.9. The van der Waals surface area contributed by atoms with Crippen molar-refractivity contribution < 1.29 is 31.5 Å². The fraction of sp³-hybridized carbons (Fsp3) is 0.462. The van der Waals surface area contributed by atoms with E-state index in [-0.39, 0.29) is 31.4 Å². The van der Waals surface area contributed by atoms with E-state index in [1.165, 1.54) is 27.8 Å². The summed E-state index contributed by atoms with van der Waals surface area (Å²) in [6.07, 6.45) is -2.83. The zero-order chi connectivity index (χ0) is 28.8. The number of carbonyl (C=O) groups excluding carboxylic acids is 2. The summed E-state index contributed by atoms with van der Waals surface area (Å²) in [5.74, 6) is -5.20. The van der Waals surface area contributed by atoms with Crippen LogP contribution < -0.4 is 11.4 Å². The first-order valence-electron chi connectivity index (χ1n) is 12.9. The third-order valence-corrected chi connectivity index (χ3v) is 7.89. The van der Waals surface area contributed by atoms with E-state index >= 15 is 0 Å². The Morgan fingerprint density at radius 3 is 2.60 bits per heavy atom. The molecule has 3 aromatic rings. The maximum Gasteiger partial charge on any atom is 0.406 e. The number of fused-ring (bicyclic) bond motifs is 1. The van der Waals surface area contributed by atoms with E-state index in [0.717, 1.165) is 6.07 Å². The number of benzene rings is 1. The number of H-pyrrole nitrogens is 1. The number of nitrogens with two attached hydrogens (primary N) is 1. The van der Waals surface area contributed by atoms with Gasteiger partial charge in [0.1, 0.15) is 6.54 Å². The summed E-state index contributed by atoms with van der Waals surface area (Å²) in [5, 5.41) is 0.